The third-order valence-electron chi connectivity index (χ3n) is 2.35. The summed E-state index contributed by atoms with van der Waals surface area (Å²) in [4.78, 5) is 4.22. The van der Waals surface area contributed by atoms with E-state index in [1.807, 2.05) is 19.4 Å². The van der Waals surface area contributed by atoms with Crippen molar-refractivity contribution in [3.63, 3.8) is 0 Å². The fourth-order valence-electron chi connectivity index (χ4n) is 1.66. The van der Waals surface area contributed by atoms with Crippen LogP contribution in [0.5, 0.6) is 0 Å². The van der Waals surface area contributed by atoms with Crippen molar-refractivity contribution in [1.29, 1.82) is 0 Å². The first-order valence-corrected chi connectivity index (χ1v) is 5.22. The van der Waals surface area contributed by atoms with Gasteiger partial charge in [-0.05, 0) is 37.4 Å². The summed E-state index contributed by atoms with van der Waals surface area (Å²) in [6.07, 6.45) is 5.00. The molecule has 0 amide bonds. The Morgan fingerprint density at radius 2 is 2.07 bits per heavy atom. The van der Waals surface area contributed by atoms with Crippen LogP contribution in [0.25, 0.3) is 0 Å². The van der Waals surface area contributed by atoms with Gasteiger partial charge in [0.15, 0.2) is 0 Å². The van der Waals surface area contributed by atoms with E-state index in [-0.39, 0.29) is 0 Å². The molecule has 1 aromatic rings. The first kappa shape index (κ1) is 11.2. The third-order valence-corrected chi connectivity index (χ3v) is 2.35. The van der Waals surface area contributed by atoms with Crippen molar-refractivity contribution in [3.8, 4) is 0 Å². The molecule has 1 rings (SSSR count). The second-order valence-corrected chi connectivity index (χ2v) is 4.27. The highest BCUT2D eigenvalue weighted by atomic mass is 14.9. The summed E-state index contributed by atoms with van der Waals surface area (Å²) in [7, 11) is 2.01. The number of rotatable bonds is 4. The van der Waals surface area contributed by atoms with Crippen LogP contribution in [0.2, 0.25) is 0 Å². The van der Waals surface area contributed by atoms with Gasteiger partial charge in [0.25, 0.3) is 0 Å². The Morgan fingerprint density at radius 1 is 1.36 bits per heavy atom. The maximum atomic E-state index is 4.22. The molecular formula is C12H20N2. The van der Waals surface area contributed by atoms with E-state index in [4.69, 9.17) is 0 Å². The van der Waals surface area contributed by atoms with Crippen LogP contribution in [-0.2, 0) is 0 Å². The first-order chi connectivity index (χ1) is 6.63. The lowest BCUT2D eigenvalue weighted by atomic mass is 9.98. The monoisotopic (exact) mass is 192 g/mol. The van der Waals surface area contributed by atoms with Gasteiger partial charge < -0.3 is 5.32 Å². The summed E-state index contributed by atoms with van der Waals surface area (Å²) in [5.41, 5.74) is 2.52. The molecule has 78 valence electrons. The number of aromatic nitrogens is 1. The second-order valence-electron chi connectivity index (χ2n) is 4.27. The van der Waals surface area contributed by atoms with Gasteiger partial charge >= 0.3 is 0 Å². The summed E-state index contributed by atoms with van der Waals surface area (Å²) < 4.78 is 0. The van der Waals surface area contributed by atoms with Crippen LogP contribution in [0, 0.1) is 12.8 Å². The number of nitrogens with zero attached hydrogens (tertiary/aromatic N) is 1. The Bertz CT molecular complexity index is 281. The second kappa shape index (κ2) is 5.11. The largest absolute Gasteiger partial charge is 0.313 e. The van der Waals surface area contributed by atoms with Crippen LogP contribution >= 0.6 is 0 Å². The molecule has 0 aromatic carbocycles. The predicted molar refractivity (Wildman–Crippen MR) is 60.2 cm³/mol. The molecule has 1 atom stereocenters. The molecule has 0 fully saturated rings. The van der Waals surface area contributed by atoms with E-state index < -0.39 is 0 Å². The molecule has 0 aliphatic carbocycles. The number of pyridine rings is 1. The highest BCUT2D eigenvalue weighted by molar-refractivity contribution is 5.20. The van der Waals surface area contributed by atoms with E-state index >= 15 is 0 Å². The lowest BCUT2D eigenvalue weighted by Crippen LogP contribution is -2.18. The predicted octanol–water partition coefficient (Wildman–Crippen LogP) is 2.70. The van der Waals surface area contributed by atoms with Crippen molar-refractivity contribution >= 4 is 0 Å². The molecule has 0 radical (unpaired) electrons. The van der Waals surface area contributed by atoms with E-state index in [0.717, 1.165) is 6.42 Å². The summed E-state index contributed by atoms with van der Waals surface area (Å²) in [5, 5.41) is 3.34. The van der Waals surface area contributed by atoms with Gasteiger partial charge in [-0.2, -0.15) is 0 Å². The van der Waals surface area contributed by atoms with Gasteiger partial charge in [0.05, 0.1) is 0 Å². The third kappa shape index (κ3) is 3.11. The fourth-order valence-corrected chi connectivity index (χ4v) is 1.66. The Labute approximate surface area is 86.8 Å². The van der Waals surface area contributed by atoms with Gasteiger partial charge in [-0.25, -0.2) is 0 Å². The van der Waals surface area contributed by atoms with Crippen molar-refractivity contribution in [3.05, 3.63) is 29.6 Å². The Hall–Kier alpha value is -0.890. The molecule has 1 unspecified atom stereocenters. The van der Waals surface area contributed by atoms with E-state index in [0.29, 0.717) is 12.0 Å². The molecule has 1 aromatic heterocycles. The summed E-state index contributed by atoms with van der Waals surface area (Å²) in [6, 6.07) is 2.64. The lowest BCUT2D eigenvalue weighted by Gasteiger charge is -2.18. The van der Waals surface area contributed by atoms with Gasteiger partial charge in [0.1, 0.15) is 0 Å². The van der Waals surface area contributed by atoms with Crippen LogP contribution < -0.4 is 5.32 Å². The van der Waals surface area contributed by atoms with Crippen LogP contribution in [0.3, 0.4) is 0 Å². The summed E-state index contributed by atoms with van der Waals surface area (Å²) in [6.45, 7) is 6.57. The summed E-state index contributed by atoms with van der Waals surface area (Å²) >= 11 is 0. The molecule has 0 saturated heterocycles. The van der Waals surface area contributed by atoms with Crippen molar-refractivity contribution in [2.45, 2.75) is 33.2 Å². The molecule has 14 heavy (non-hydrogen) atoms. The molecule has 0 aliphatic rings. The van der Waals surface area contributed by atoms with Gasteiger partial charge in [-0.1, -0.05) is 19.9 Å². The molecule has 0 bridgehead atoms. The highest BCUT2D eigenvalue weighted by Gasteiger charge is 2.11. The first-order valence-electron chi connectivity index (χ1n) is 5.22. The number of aryl methyl sites for hydroxylation is 1. The highest BCUT2D eigenvalue weighted by Crippen LogP contribution is 2.20. The Balaban J connectivity index is 2.78. The maximum absolute atomic E-state index is 4.22. The van der Waals surface area contributed by atoms with Gasteiger partial charge in [-0.15, -0.1) is 0 Å². The Morgan fingerprint density at radius 3 is 2.57 bits per heavy atom. The van der Waals surface area contributed by atoms with Gasteiger partial charge in [-0.3, -0.25) is 4.98 Å². The SMILES string of the molecule is CNC(CC(C)C)c1cncc(C)c1. The van der Waals surface area contributed by atoms with E-state index in [9.17, 15) is 0 Å². The van der Waals surface area contributed by atoms with Crippen molar-refractivity contribution in [2.75, 3.05) is 7.05 Å². The van der Waals surface area contributed by atoms with Gasteiger partial charge in [0.2, 0.25) is 0 Å². The molecule has 0 saturated carbocycles. The van der Waals surface area contributed by atoms with Crippen molar-refractivity contribution < 1.29 is 0 Å². The molecule has 2 heteroatoms. The zero-order valence-corrected chi connectivity index (χ0v) is 9.54. The molecule has 2 nitrogen and oxygen atoms in total. The zero-order chi connectivity index (χ0) is 10.6. The van der Waals surface area contributed by atoms with Crippen LogP contribution in [0.4, 0.5) is 0 Å². The zero-order valence-electron chi connectivity index (χ0n) is 9.54. The minimum absolute atomic E-state index is 0.433. The van der Waals surface area contributed by atoms with E-state index in [2.05, 4.69) is 37.1 Å². The summed E-state index contributed by atoms with van der Waals surface area (Å²) in [5.74, 6) is 0.702. The normalized spacial score (nSPS) is 13.2. The van der Waals surface area contributed by atoms with E-state index in [1.54, 1.807) is 0 Å². The Kier molecular flexibility index (Phi) is 4.08. The molecule has 0 spiro atoms. The van der Waals surface area contributed by atoms with E-state index in [1.165, 1.54) is 11.1 Å². The molecule has 1 N–H and O–H groups in total. The lowest BCUT2D eigenvalue weighted by molar-refractivity contribution is 0.455. The van der Waals surface area contributed by atoms with Crippen LogP contribution in [0.1, 0.15) is 37.4 Å². The van der Waals surface area contributed by atoms with Gasteiger partial charge in [0, 0.05) is 18.4 Å². The molecule has 1 heterocycles. The average Bonchev–Trinajstić information content (AvgIpc) is 2.14. The molecule has 0 aliphatic heterocycles. The minimum Gasteiger partial charge on any atom is -0.313 e. The number of nitrogens with one attached hydrogen (secondary N) is 1. The number of hydrogen-bond donors (Lipinski definition) is 1. The minimum atomic E-state index is 0.433. The average molecular weight is 192 g/mol. The quantitative estimate of drug-likeness (QED) is 0.793. The van der Waals surface area contributed by atoms with Crippen molar-refractivity contribution in [1.82, 2.24) is 10.3 Å². The smallest absolute Gasteiger partial charge is 0.0335 e. The molecular weight excluding hydrogens is 172 g/mol. The number of hydrogen-bond acceptors (Lipinski definition) is 2. The fraction of sp³-hybridized carbons (Fsp3) is 0.583. The maximum Gasteiger partial charge on any atom is 0.0335 e. The van der Waals surface area contributed by atoms with Crippen LogP contribution in [-0.4, -0.2) is 12.0 Å². The van der Waals surface area contributed by atoms with Crippen molar-refractivity contribution in [2.24, 2.45) is 5.92 Å². The van der Waals surface area contributed by atoms with Crippen LogP contribution in [0.15, 0.2) is 18.5 Å². The standard InChI is InChI=1S/C12H20N2/c1-9(2)5-12(13-4)11-6-10(3)7-14-8-11/h6-9,12-13H,5H2,1-4H3. The topological polar surface area (TPSA) is 24.9 Å².